The Hall–Kier alpha value is -2.99. The van der Waals surface area contributed by atoms with Crippen LogP contribution in [0.5, 0.6) is 0 Å². The number of hydrogen-bond acceptors (Lipinski definition) is 7. The van der Waals surface area contributed by atoms with Crippen LogP contribution in [0.1, 0.15) is 29.6 Å². The molecule has 2 heterocycles. The van der Waals surface area contributed by atoms with E-state index in [1.807, 2.05) is 30.3 Å². The SMILES string of the molecule is C=CCNC(=O)CSc1nc(-c2ccccc2)c(NC(=O)c2ccc(S(=O)(=O)N3CCCCC3)cc2)s1. The summed E-state index contributed by atoms with van der Waals surface area (Å²) in [5.41, 5.74) is 1.78. The van der Waals surface area contributed by atoms with E-state index in [9.17, 15) is 18.0 Å². The molecule has 194 valence electrons. The number of benzene rings is 2. The number of sulfonamides is 1. The number of piperidine rings is 1. The van der Waals surface area contributed by atoms with E-state index in [1.54, 1.807) is 6.08 Å². The lowest BCUT2D eigenvalue weighted by atomic mass is 10.1. The summed E-state index contributed by atoms with van der Waals surface area (Å²) in [5, 5.41) is 6.20. The second-order valence-electron chi connectivity index (χ2n) is 8.35. The van der Waals surface area contributed by atoms with Crippen molar-refractivity contribution in [3.05, 3.63) is 72.8 Å². The Morgan fingerprint density at radius 2 is 1.76 bits per heavy atom. The molecule has 0 spiro atoms. The summed E-state index contributed by atoms with van der Waals surface area (Å²) in [6, 6.07) is 15.5. The van der Waals surface area contributed by atoms with Crippen LogP contribution in [0.2, 0.25) is 0 Å². The molecule has 3 aromatic rings. The largest absolute Gasteiger partial charge is 0.352 e. The highest BCUT2D eigenvalue weighted by atomic mass is 32.2. The monoisotopic (exact) mass is 556 g/mol. The van der Waals surface area contributed by atoms with E-state index in [4.69, 9.17) is 0 Å². The molecule has 0 atom stereocenters. The highest BCUT2D eigenvalue weighted by Gasteiger charge is 2.26. The van der Waals surface area contributed by atoms with Gasteiger partial charge in [0.1, 0.15) is 10.7 Å². The van der Waals surface area contributed by atoms with Crippen LogP contribution in [0.3, 0.4) is 0 Å². The van der Waals surface area contributed by atoms with E-state index in [0.717, 1.165) is 24.8 Å². The molecule has 1 fully saturated rings. The van der Waals surface area contributed by atoms with E-state index >= 15 is 0 Å². The maximum atomic E-state index is 13.1. The number of anilines is 1. The number of aromatic nitrogens is 1. The van der Waals surface area contributed by atoms with E-state index in [0.29, 0.717) is 40.2 Å². The van der Waals surface area contributed by atoms with Gasteiger partial charge in [0.25, 0.3) is 5.91 Å². The molecule has 2 amide bonds. The van der Waals surface area contributed by atoms with Gasteiger partial charge >= 0.3 is 0 Å². The minimum atomic E-state index is -3.57. The first-order chi connectivity index (χ1) is 17.9. The second kappa shape index (κ2) is 12.5. The Balaban J connectivity index is 1.51. The molecule has 1 aromatic heterocycles. The summed E-state index contributed by atoms with van der Waals surface area (Å²) in [6.45, 7) is 5.03. The molecule has 0 bridgehead atoms. The number of nitrogens with zero attached hydrogens (tertiary/aromatic N) is 2. The fraction of sp³-hybridized carbons (Fsp3) is 0.269. The van der Waals surface area contributed by atoms with Crippen molar-refractivity contribution in [2.24, 2.45) is 0 Å². The van der Waals surface area contributed by atoms with Gasteiger partial charge in [-0.25, -0.2) is 13.4 Å². The number of amides is 2. The Bertz CT molecular complexity index is 1350. The molecule has 37 heavy (non-hydrogen) atoms. The lowest BCUT2D eigenvalue weighted by Gasteiger charge is -2.25. The first kappa shape index (κ1) is 27.1. The van der Waals surface area contributed by atoms with Gasteiger partial charge in [-0.3, -0.25) is 9.59 Å². The third-order valence-corrected chi connectivity index (χ3v) is 9.75. The van der Waals surface area contributed by atoms with Gasteiger partial charge in [0.2, 0.25) is 15.9 Å². The summed E-state index contributed by atoms with van der Waals surface area (Å²) in [7, 11) is -3.57. The van der Waals surface area contributed by atoms with Gasteiger partial charge in [0.05, 0.1) is 10.6 Å². The minimum Gasteiger partial charge on any atom is -0.352 e. The zero-order valence-electron chi connectivity index (χ0n) is 20.2. The zero-order valence-corrected chi connectivity index (χ0v) is 22.6. The Morgan fingerprint density at radius 3 is 2.43 bits per heavy atom. The van der Waals surface area contributed by atoms with Crippen LogP contribution in [-0.4, -0.2) is 54.9 Å². The zero-order chi connectivity index (χ0) is 26.3. The number of rotatable bonds is 10. The van der Waals surface area contributed by atoms with Crippen molar-refractivity contribution in [3.8, 4) is 11.3 Å². The molecule has 0 saturated carbocycles. The predicted octanol–water partition coefficient (Wildman–Crippen LogP) is 4.63. The summed E-state index contributed by atoms with van der Waals surface area (Å²) in [5.74, 6) is -0.315. The number of thiazole rings is 1. The van der Waals surface area contributed by atoms with Crippen molar-refractivity contribution in [1.82, 2.24) is 14.6 Å². The molecule has 0 unspecified atom stereocenters. The van der Waals surface area contributed by atoms with Crippen LogP contribution in [-0.2, 0) is 14.8 Å². The highest BCUT2D eigenvalue weighted by Crippen LogP contribution is 2.37. The number of thioether (sulfide) groups is 1. The Kier molecular flexibility index (Phi) is 9.14. The van der Waals surface area contributed by atoms with Gasteiger partial charge in [-0.15, -0.1) is 6.58 Å². The maximum Gasteiger partial charge on any atom is 0.256 e. The summed E-state index contributed by atoms with van der Waals surface area (Å²) >= 11 is 2.57. The molecule has 2 aromatic carbocycles. The van der Waals surface area contributed by atoms with Crippen molar-refractivity contribution in [1.29, 1.82) is 0 Å². The van der Waals surface area contributed by atoms with Crippen LogP contribution >= 0.6 is 23.1 Å². The maximum absolute atomic E-state index is 13.1. The van der Waals surface area contributed by atoms with Crippen molar-refractivity contribution >= 4 is 49.9 Å². The number of carbonyl (C=O) groups excluding carboxylic acids is 2. The van der Waals surface area contributed by atoms with E-state index in [2.05, 4.69) is 22.2 Å². The highest BCUT2D eigenvalue weighted by molar-refractivity contribution is 8.01. The van der Waals surface area contributed by atoms with Crippen molar-refractivity contribution in [2.45, 2.75) is 28.5 Å². The molecule has 1 saturated heterocycles. The molecular weight excluding hydrogens is 529 g/mol. The molecule has 0 radical (unpaired) electrons. The summed E-state index contributed by atoms with van der Waals surface area (Å²) in [6.07, 6.45) is 4.37. The van der Waals surface area contributed by atoms with Gasteiger partial charge in [-0.05, 0) is 37.1 Å². The van der Waals surface area contributed by atoms with Crippen LogP contribution < -0.4 is 10.6 Å². The molecule has 1 aliphatic rings. The molecule has 11 heteroatoms. The van der Waals surface area contributed by atoms with Crippen LogP contribution in [0.15, 0.2) is 76.5 Å². The van der Waals surface area contributed by atoms with E-state index in [1.165, 1.54) is 51.7 Å². The molecule has 0 aliphatic carbocycles. The lowest BCUT2D eigenvalue weighted by Crippen LogP contribution is -2.35. The molecule has 2 N–H and O–H groups in total. The number of nitrogens with one attached hydrogen (secondary N) is 2. The van der Waals surface area contributed by atoms with Gasteiger partial charge in [0, 0.05) is 30.8 Å². The quantitative estimate of drug-likeness (QED) is 0.278. The first-order valence-corrected chi connectivity index (χ1v) is 15.1. The summed E-state index contributed by atoms with van der Waals surface area (Å²) in [4.78, 5) is 29.9. The molecule has 4 rings (SSSR count). The fourth-order valence-corrected chi connectivity index (χ4v) is 7.22. The van der Waals surface area contributed by atoms with Gasteiger partial charge in [-0.1, -0.05) is 65.9 Å². The topological polar surface area (TPSA) is 108 Å². The normalized spacial score (nSPS) is 14.2. The Morgan fingerprint density at radius 1 is 1.05 bits per heavy atom. The predicted molar refractivity (Wildman–Crippen MR) is 148 cm³/mol. The van der Waals surface area contributed by atoms with Gasteiger partial charge in [-0.2, -0.15) is 4.31 Å². The molecule has 1 aliphatic heterocycles. The third-order valence-electron chi connectivity index (χ3n) is 5.72. The fourth-order valence-electron chi connectivity index (χ4n) is 3.81. The molecule has 8 nitrogen and oxygen atoms in total. The van der Waals surface area contributed by atoms with E-state index in [-0.39, 0.29) is 22.5 Å². The van der Waals surface area contributed by atoms with Crippen LogP contribution in [0.25, 0.3) is 11.3 Å². The van der Waals surface area contributed by atoms with Crippen LogP contribution in [0, 0.1) is 0 Å². The Labute approximate surface area is 225 Å². The second-order valence-corrected chi connectivity index (χ2v) is 12.5. The molecular formula is C26H28N4O4S3. The number of hydrogen-bond donors (Lipinski definition) is 2. The lowest BCUT2D eigenvalue weighted by molar-refractivity contribution is -0.118. The average molecular weight is 557 g/mol. The standard InChI is InChI=1S/C26H28N4O4S3/c1-2-15-27-22(31)18-35-26-28-23(19-9-5-3-6-10-19)25(36-26)29-24(32)20-11-13-21(14-12-20)37(33,34)30-16-7-4-8-17-30/h2-3,5-6,9-14H,1,4,7-8,15-18H2,(H,27,31)(H,29,32). The minimum absolute atomic E-state index is 0.133. The van der Waals surface area contributed by atoms with Gasteiger partial charge in [0.15, 0.2) is 4.34 Å². The third kappa shape index (κ3) is 6.86. The van der Waals surface area contributed by atoms with Gasteiger partial charge < -0.3 is 10.6 Å². The number of carbonyl (C=O) groups is 2. The van der Waals surface area contributed by atoms with Crippen molar-refractivity contribution in [3.63, 3.8) is 0 Å². The van der Waals surface area contributed by atoms with Crippen molar-refractivity contribution in [2.75, 3.05) is 30.7 Å². The average Bonchev–Trinajstić information content (AvgIpc) is 3.34. The van der Waals surface area contributed by atoms with Crippen molar-refractivity contribution < 1.29 is 18.0 Å². The van der Waals surface area contributed by atoms with E-state index < -0.39 is 10.0 Å². The summed E-state index contributed by atoms with van der Waals surface area (Å²) < 4.78 is 28.0. The van der Waals surface area contributed by atoms with Crippen LogP contribution in [0.4, 0.5) is 5.00 Å². The smallest absolute Gasteiger partial charge is 0.256 e. The first-order valence-electron chi connectivity index (χ1n) is 11.9.